The van der Waals surface area contributed by atoms with Crippen LogP contribution in [0, 0.1) is 0 Å². The summed E-state index contributed by atoms with van der Waals surface area (Å²) < 4.78 is 0. The molecule has 0 spiro atoms. The van der Waals surface area contributed by atoms with Crippen LogP contribution in [0.4, 0.5) is 0 Å². The molecule has 0 saturated carbocycles. The summed E-state index contributed by atoms with van der Waals surface area (Å²) in [5.74, 6) is -0.296. The SMILES string of the molecule is O=C(/C=C/c1ccc(Cl)cc1)N/N=C\c1c2ccccc2cc2ccccc12. The molecule has 0 aliphatic rings. The van der Waals surface area contributed by atoms with Gasteiger partial charge in [-0.2, -0.15) is 5.10 Å². The highest BCUT2D eigenvalue weighted by atomic mass is 35.5. The fourth-order valence-electron chi connectivity index (χ4n) is 3.13. The average Bonchev–Trinajstić information content (AvgIpc) is 2.73. The molecule has 1 amide bonds. The smallest absolute Gasteiger partial charge is 0.264 e. The Kier molecular flexibility index (Phi) is 5.18. The molecule has 0 aliphatic heterocycles. The van der Waals surface area contributed by atoms with Crippen molar-refractivity contribution in [2.75, 3.05) is 0 Å². The van der Waals surface area contributed by atoms with E-state index in [9.17, 15) is 4.79 Å². The highest BCUT2D eigenvalue weighted by Crippen LogP contribution is 2.27. The Morgan fingerprint density at radius 2 is 1.46 bits per heavy atom. The first kappa shape index (κ1) is 18.0. The maximum atomic E-state index is 12.1. The Bertz CT molecular complexity index is 1160. The van der Waals surface area contributed by atoms with Crippen LogP contribution in [-0.2, 0) is 4.79 Å². The maximum Gasteiger partial charge on any atom is 0.264 e. The van der Waals surface area contributed by atoms with E-state index in [4.69, 9.17) is 11.6 Å². The Hall–Kier alpha value is -3.43. The average molecular weight is 385 g/mol. The van der Waals surface area contributed by atoms with Crippen molar-refractivity contribution in [3.63, 3.8) is 0 Å². The molecule has 28 heavy (non-hydrogen) atoms. The van der Waals surface area contributed by atoms with Crippen molar-refractivity contribution in [2.24, 2.45) is 5.10 Å². The van der Waals surface area contributed by atoms with Crippen LogP contribution in [0.2, 0.25) is 5.02 Å². The van der Waals surface area contributed by atoms with E-state index in [-0.39, 0.29) is 5.91 Å². The summed E-state index contributed by atoms with van der Waals surface area (Å²) in [5, 5.41) is 9.29. The van der Waals surface area contributed by atoms with Gasteiger partial charge in [0, 0.05) is 16.7 Å². The second kappa shape index (κ2) is 8.07. The van der Waals surface area contributed by atoms with Gasteiger partial charge in [-0.1, -0.05) is 72.3 Å². The minimum absolute atomic E-state index is 0.296. The highest BCUT2D eigenvalue weighted by Gasteiger charge is 2.05. The molecule has 0 unspecified atom stereocenters. The number of rotatable bonds is 4. The number of hydrogen-bond donors (Lipinski definition) is 1. The third kappa shape index (κ3) is 3.95. The fourth-order valence-corrected chi connectivity index (χ4v) is 3.26. The predicted molar refractivity (Wildman–Crippen MR) is 118 cm³/mol. The first-order valence-electron chi connectivity index (χ1n) is 8.88. The zero-order valence-electron chi connectivity index (χ0n) is 15.0. The number of amides is 1. The number of fused-ring (bicyclic) bond motifs is 2. The first-order chi connectivity index (χ1) is 13.7. The number of hydrazone groups is 1. The molecule has 0 radical (unpaired) electrons. The summed E-state index contributed by atoms with van der Waals surface area (Å²) >= 11 is 5.86. The Labute approximate surface area is 168 Å². The lowest BCUT2D eigenvalue weighted by Crippen LogP contribution is -2.14. The van der Waals surface area contributed by atoms with Crippen molar-refractivity contribution in [1.29, 1.82) is 0 Å². The van der Waals surface area contributed by atoms with Gasteiger partial charge in [-0.25, -0.2) is 5.43 Å². The molecule has 3 nitrogen and oxygen atoms in total. The lowest BCUT2D eigenvalue weighted by molar-refractivity contribution is -0.116. The van der Waals surface area contributed by atoms with Gasteiger partial charge in [0.15, 0.2) is 0 Å². The van der Waals surface area contributed by atoms with Crippen LogP contribution in [0.25, 0.3) is 27.6 Å². The quantitative estimate of drug-likeness (QED) is 0.205. The zero-order chi connectivity index (χ0) is 19.3. The number of hydrogen-bond acceptors (Lipinski definition) is 2. The standard InChI is InChI=1S/C24H17ClN2O/c25-20-12-9-17(10-13-20)11-14-24(28)27-26-16-23-21-7-3-1-5-18(21)15-19-6-2-4-8-22(19)23/h1-16H,(H,27,28)/b14-11+,26-16-. The summed E-state index contributed by atoms with van der Waals surface area (Å²) in [6.45, 7) is 0. The number of nitrogens with one attached hydrogen (secondary N) is 1. The van der Waals surface area contributed by atoms with Crippen LogP contribution in [0.5, 0.6) is 0 Å². The number of carbonyl (C=O) groups excluding carboxylic acids is 1. The lowest BCUT2D eigenvalue weighted by Gasteiger charge is -2.07. The van der Waals surface area contributed by atoms with E-state index < -0.39 is 0 Å². The van der Waals surface area contributed by atoms with Crippen LogP contribution < -0.4 is 5.43 Å². The molecule has 0 fully saturated rings. The van der Waals surface area contributed by atoms with Crippen molar-refractivity contribution in [3.8, 4) is 0 Å². The van der Waals surface area contributed by atoms with Crippen molar-refractivity contribution >= 4 is 51.3 Å². The van der Waals surface area contributed by atoms with Crippen LogP contribution in [0.3, 0.4) is 0 Å². The summed E-state index contributed by atoms with van der Waals surface area (Å²) in [6, 6.07) is 25.7. The van der Waals surface area contributed by atoms with Crippen molar-refractivity contribution < 1.29 is 4.79 Å². The molecule has 4 rings (SSSR count). The van der Waals surface area contributed by atoms with E-state index in [1.165, 1.54) is 6.08 Å². The summed E-state index contributed by atoms with van der Waals surface area (Å²) in [5.41, 5.74) is 4.43. The minimum atomic E-state index is -0.296. The molecule has 0 heterocycles. The van der Waals surface area contributed by atoms with E-state index in [1.54, 1.807) is 24.4 Å². The molecule has 0 saturated heterocycles. The van der Waals surface area contributed by atoms with Crippen LogP contribution in [-0.4, -0.2) is 12.1 Å². The number of carbonyl (C=O) groups is 1. The molecule has 136 valence electrons. The molecule has 4 aromatic carbocycles. The Balaban J connectivity index is 1.57. The summed E-state index contributed by atoms with van der Waals surface area (Å²) in [6.07, 6.45) is 4.87. The number of halogens is 1. The number of nitrogens with zero attached hydrogens (tertiary/aromatic N) is 1. The Morgan fingerprint density at radius 3 is 2.11 bits per heavy atom. The first-order valence-corrected chi connectivity index (χ1v) is 9.26. The zero-order valence-corrected chi connectivity index (χ0v) is 15.7. The molecule has 0 atom stereocenters. The van der Waals surface area contributed by atoms with Crippen molar-refractivity contribution in [2.45, 2.75) is 0 Å². The molecule has 0 aliphatic carbocycles. The van der Waals surface area contributed by atoms with Crippen molar-refractivity contribution in [1.82, 2.24) is 5.43 Å². The van der Waals surface area contributed by atoms with Crippen LogP contribution in [0.1, 0.15) is 11.1 Å². The molecular weight excluding hydrogens is 368 g/mol. The van der Waals surface area contributed by atoms with Gasteiger partial charge in [0.2, 0.25) is 0 Å². The summed E-state index contributed by atoms with van der Waals surface area (Å²) in [4.78, 5) is 12.1. The fraction of sp³-hybridized carbons (Fsp3) is 0. The van der Waals surface area contributed by atoms with Crippen LogP contribution >= 0.6 is 11.6 Å². The summed E-state index contributed by atoms with van der Waals surface area (Å²) in [7, 11) is 0. The van der Waals surface area contributed by atoms with E-state index in [0.29, 0.717) is 5.02 Å². The van der Waals surface area contributed by atoms with E-state index in [2.05, 4.69) is 40.9 Å². The van der Waals surface area contributed by atoms with E-state index >= 15 is 0 Å². The number of benzene rings is 4. The van der Waals surface area contributed by atoms with E-state index in [0.717, 1.165) is 32.7 Å². The van der Waals surface area contributed by atoms with Gasteiger partial charge in [-0.05, 0) is 51.4 Å². The van der Waals surface area contributed by atoms with Gasteiger partial charge >= 0.3 is 0 Å². The maximum absolute atomic E-state index is 12.1. The molecule has 4 heteroatoms. The Morgan fingerprint density at radius 1 is 0.857 bits per heavy atom. The van der Waals surface area contributed by atoms with Crippen molar-refractivity contribution in [3.05, 3.63) is 101 Å². The normalized spacial score (nSPS) is 11.6. The van der Waals surface area contributed by atoms with Gasteiger partial charge in [0.05, 0.1) is 6.21 Å². The highest BCUT2D eigenvalue weighted by molar-refractivity contribution is 6.30. The van der Waals surface area contributed by atoms with Crippen LogP contribution in [0.15, 0.2) is 90.0 Å². The predicted octanol–water partition coefficient (Wildman–Crippen LogP) is 5.81. The monoisotopic (exact) mass is 384 g/mol. The van der Waals surface area contributed by atoms with Gasteiger partial charge in [0.25, 0.3) is 5.91 Å². The third-order valence-corrected chi connectivity index (χ3v) is 4.73. The third-order valence-electron chi connectivity index (χ3n) is 4.48. The molecular formula is C24H17ClN2O. The largest absolute Gasteiger partial charge is 0.268 e. The van der Waals surface area contributed by atoms with E-state index in [1.807, 2.05) is 36.4 Å². The van der Waals surface area contributed by atoms with Gasteiger partial charge < -0.3 is 0 Å². The second-order valence-corrected chi connectivity index (χ2v) is 6.79. The van der Waals surface area contributed by atoms with Gasteiger partial charge in [-0.3, -0.25) is 4.79 Å². The topological polar surface area (TPSA) is 41.5 Å². The van der Waals surface area contributed by atoms with Gasteiger partial charge in [0.1, 0.15) is 0 Å². The molecule has 0 bridgehead atoms. The molecule has 4 aromatic rings. The second-order valence-electron chi connectivity index (χ2n) is 6.35. The minimum Gasteiger partial charge on any atom is -0.268 e. The molecule has 1 N–H and O–H groups in total. The van der Waals surface area contributed by atoms with Gasteiger partial charge in [-0.15, -0.1) is 0 Å². The molecule has 0 aromatic heterocycles. The lowest BCUT2D eigenvalue weighted by atomic mass is 9.97.